The van der Waals surface area contributed by atoms with Crippen molar-refractivity contribution in [3.8, 4) is 0 Å². The van der Waals surface area contributed by atoms with Gasteiger partial charge in [-0.2, -0.15) is 0 Å². The van der Waals surface area contributed by atoms with Crippen LogP contribution in [0.5, 0.6) is 0 Å². The van der Waals surface area contributed by atoms with Crippen molar-refractivity contribution in [2.24, 2.45) is 5.41 Å². The molecule has 1 unspecified atom stereocenters. The molecule has 0 spiro atoms. The monoisotopic (exact) mass is 285 g/mol. The van der Waals surface area contributed by atoms with Gasteiger partial charge in [0.15, 0.2) is 5.16 Å². The van der Waals surface area contributed by atoms with Crippen molar-refractivity contribution in [2.75, 3.05) is 5.75 Å². The maximum atomic E-state index is 10.7. The van der Waals surface area contributed by atoms with E-state index in [2.05, 4.69) is 56.3 Å². The summed E-state index contributed by atoms with van der Waals surface area (Å²) in [6, 6.07) is 0.205. The van der Waals surface area contributed by atoms with Crippen LogP contribution in [-0.2, 0) is 4.79 Å². The summed E-state index contributed by atoms with van der Waals surface area (Å²) < 4.78 is 2.08. The summed E-state index contributed by atoms with van der Waals surface area (Å²) in [6.07, 6.45) is 0. The first kappa shape index (κ1) is 16.0. The molecule has 0 amide bonds. The van der Waals surface area contributed by atoms with Crippen LogP contribution in [0.2, 0.25) is 0 Å². The van der Waals surface area contributed by atoms with Crippen LogP contribution in [0.25, 0.3) is 0 Å². The van der Waals surface area contributed by atoms with Gasteiger partial charge in [-0.05, 0) is 12.3 Å². The van der Waals surface area contributed by atoms with E-state index in [1.807, 2.05) is 0 Å². The molecule has 0 aliphatic carbocycles. The molecule has 108 valence electrons. The molecular weight excluding hydrogens is 262 g/mol. The zero-order chi connectivity index (χ0) is 14.8. The van der Waals surface area contributed by atoms with Gasteiger partial charge in [0.2, 0.25) is 0 Å². The molecule has 0 radical (unpaired) electrons. The molecular formula is C13H23N3O2S. The first-order valence-corrected chi connectivity index (χ1v) is 7.42. The molecule has 5 nitrogen and oxygen atoms in total. The molecule has 6 heteroatoms. The summed E-state index contributed by atoms with van der Waals surface area (Å²) in [5.74, 6) is 0.341. The lowest BCUT2D eigenvalue weighted by Gasteiger charge is -2.30. The van der Waals surface area contributed by atoms with Crippen LogP contribution in [0.1, 0.15) is 59.3 Å². The minimum atomic E-state index is -0.839. The average Bonchev–Trinajstić information content (AvgIpc) is 2.67. The fourth-order valence-electron chi connectivity index (χ4n) is 1.66. The zero-order valence-corrected chi connectivity index (χ0v) is 13.3. The summed E-state index contributed by atoms with van der Waals surface area (Å²) in [5, 5.41) is 17.9. The zero-order valence-electron chi connectivity index (χ0n) is 12.5. The summed E-state index contributed by atoms with van der Waals surface area (Å²) in [7, 11) is 0. The Kier molecular flexibility index (Phi) is 5.01. The molecule has 1 N–H and O–H groups in total. The van der Waals surface area contributed by atoms with E-state index >= 15 is 0 Å². The van der Waals surface area contributed by atoms with Crippen LogP contribution >= 0.6 is 11.8 Å². The third kappa shape index (κ3) is 3.96. The van der Waals surface area contributed by atoms with Gasteiger partial charge in [-0.25, -0.2) is 0 Å². The van der Waals surface area contributed by atoms with Gasteiger partial charge in [-0.1, -0.05) is 46.4 Å². The van der Waals surface area contributed by atoms with Crippen LogP contribution in [0, 0.1) is 5.41 Å². The Morgan fingerprint density at radius 2 is 1.89 bits per heavy atom. The van der Waals surface area contributed by atoms with Crippen molar-refractivity contribution in [1.82, 2.24) is 14.8 Å². The molecule has 1 aromatic heterocycles. The van der Waals surface area contributed by atoms with Crippen LogP contribution in [0.15, 0.2) is 5.16 Å². The van der Waals surface area contributed by atoms with Crippen molar-refractivity contribution in [3.63, 3.8) is 0 Å². The summed E-state index contributed by atoms with van der Waals surface area (Å²) in [4.78, 5) is 10.7. The first-order valence-electron chi connectivity index (χ1n) is 6.44. The Balaban J connectivity index is 3.15. The molecule has 0 aliphatic heterocycles. The molecule has 0 fully saturated rings. The molecule has 19 heavy (non-hydrogen) atoms. The van der Waals surface area contributed by atoms with Crippen LogP contribution in [-0.4, -0.2) is 31.6 Å². The standard InChI is InChI=1S/C13H23N3O2S/c1-8(2)11-14-15-12(19-7-10(17)18)16(11)9(3)13(4,5)6/h8-9H,7H2,1-6H3,(H,17,18). The Morgan fingerprint density at radius 3 is 2.32 bits per heavy atom. The number of carboxylic acid groups (broad SMARTS) is 1. The van der Waals surface area contributed by atoms with E-state index in [9.17, 15) is 4.79 Å². The highest BCUT2D eigenvalue weighted by atomic mass is 32.2. The van der Waals surface area contributed by atoms with E-state index in [1.165, 1.54) is 11.8 Å². The van der Waals surface area contributed by atoms with Gasteiger partial charge in [0.25, 0.3) is 0 Å². The van der Waals surface area contributed by atoms with Crippen molar-refractivity contribution >= 4 is 17.7 Å². The number of rotatable bonds is 5. The lowest BCUT2D eigenvalue weighted by Crippen LogP contribution is -2.24. The second-order valence-corrected chi connectivity index (χ2v) is 7.03. The fourth-order valence-corrected chi connectivity index (χ4v) is 2.40. The largest absolute Gasteiger partial charge is 0.481 e. The van der Waals surface area contributed by atoms with E-state index in [0.29, 0.717) is 5.16 Å². The second-order valence-electron chi connectivity index (χ2n) is 6.09. The average molecular weight is 285 g/mol. The van der Waals surface area contributed by atoms with Crippen LogP contribution in [0.4, 0.5) is 0 Å². The minimum absolute atomic E-state index is 0.00704. The Labute approximate surface area is 118 Å². The van der Waals surface area contributed by atoms with Crippen LogP contribution < -0.4 is 0 Å². The normalized spacial score (nSPS) is 13.8. The number of hydrogen-bond acceptors (Lipinski definition) is 4. The van der Waals surface area contributed by atoms with Crippen molar-refractivity contribution < 1.29 is 9.90 Å². The van der Waals surface area contributed by atoms with Crippen molar-refractivity contribution in [1.29, 1.82) is 0 Å². The predicted molar refractivity (Wildman–Crippen MR) is 76.6 cm³/mol. The van der Waals surface area contributed by atoms with Gasteiger partial charge in [0, 0.05) is 12.0 Å². The Hall–Kier alpha value is -1.04. The molecule has 1 aromatic rings. The lowest BCUT2D eigenvalue weighted by atomic mass is 9.87. The number of aromatic nitrogens is 3. The van der Waals surface area contributed by atoms with Gasteiger partial charge >= 0.3 is 5.97 Å². The predicted octanol–water partition coefficient (Wildman–Crippen LogP) is 3.19. The van der Waals surface area contributed by atoms with Gasteiger partial charge in [0.05, 0.1) is 5.75 Å². The van der Waals surface area contributed by atoms with E-state index in [1.54, 1.807) is 0 Å². The maximum Gasteiger partial charge on any atom is 0.313 e. The molecule has 1 heterocycles. The first-order chi connectivity index (χ1) is 8.64. The quantitative estimate of drug-likeness (QED) is 0.841. The van der Waals surface area contributed by atoms with E-state index in [-0.39, 0.29) is 23.1 Å². The topological polar surface area (TPSA) is 68.0 Å². The van der Waals surface area contributed by atoms with Gasteiger partial charge in [0.1, 0.15) is 5.82 Å². The van der Waals surface area contributed by atoms with Crippen molar-refractivity contribution in [2.45, 2.75) is 58.7 Å². The summed E-state index contributed by atoms with van der Waals surface area (Å²) >= 11 is 1.23. The smallest absolute Gasteiger partial charge is 0.313 e. The maximum absolute atomic E-state index is 10.7. The SMILES string of the molecule is CC(C)c1nnc(SCC(=O)O)n1C(C)C(C)(C)C. The number of nitrogens with zero attached hydrogens (tertiary/aromatic N) is 3. The summed E-state index contributed by atoms with van der Waals surface area (Å²) in [5.41, 5.74) is 0.0601. The lowest BCUT2D eigenvalue weighted by molar-refractivity contribution is -0.133. The number of aliphatic carboxylic acids is 1. The molecule has 0 bridgehead atoms. The molecule has 1 atom stereocenters. The number of thioether (sulfide) groups is 1. The van der Waals surface area contributed by atoms with Gasteiger partial charge in [-0.3, -0.25) is 4.79 Å². The highest BCUT2D eigenvalue weighted by Crippen LogP contribution is 2.35. The highest BCUT2D eigenvalue weighted by molar-refractivity contribution is 7.99. The number of hydrogen-bond donors (Lipinski definition) is 1. The fraction of sp³-hybridized carbons (Fsp3) is 0.769. The van der Waals surface area contributed by atoms with Crippen LogP contribution in [0.3, 0.4) is 0 Å². The van der Waals surface area contributed by atoms with E-state index < -0.39 is 5.97 Å². The molecule has 0 aliphatic rings. The Bertz CT molecular complexity index is 449. The molecule has 0 aromatic carbocycles. The second kappa shape index (κ2) is 5.94. The third-order valence-electron chi connectivity index (χ3n) is 3.17. The van der Waals surface area contributed by atoms with Crippen molar-refractivity contribution in [3.05, 3.63) is 5.82 Å². The third-order valence-corrected chi connectivity index (χ3v) is 4.10. The number of carbonyl (C=O) groups is 1. The summed E-state index contributed by atoms with van der Waals surface area (Å²) in [6.45, 7) is 12.7. The van der Waals surface area contributed by atoms with Gasteiger partial charge in [-0.15, -0.1) is 10.2 Å². The number of carboxylic acids is 1. The molecule has 1 rings (SSSR count). The molecule has 0 saturated heterocycles. The highest BCUT2D eigenvalue weighted by Gasteiger charge is 2.28. The van der Waals surface area contributed by atoms with E-state index in [0.717, 1.165) is 5.82 Å². The van der Waals surface area contributed by atoms with Gasteiger partial charge < -0.3 is 9.67 Å². The Morgan fingerprint density at radius 1 is 1.32 bits per heavy atom. The molecule has 0 saturated carbocycles. The van der Waals surface area contributed by atoms with E-state index in [4.69, 9.17) is 5.11 Å². The minimum Gasteiger partial charge on any atom is -0.481 e.